The van der Waals surface area contributed by atoms with Crippen molar-refractivity contribution in [2.24, 2.45) is 17.3 Å². The van der Waals surface area contributed by atoms with Crippen LogP contribution in [0.25, 0.3) is 0 Å². The summed E-state index contributed by atoms with van der Waals surface area (Å²) >= 11 is 0. The average Bonchev–Trinajstić information content (AvgIpc) is 3.14. The number of esters is 3. The Kier molecular flexibility index (Phi) is 27.4. The molecule has 3 aliphatic carbocycles. The Morgan fingerprint density at radius 1 is 0.566 bits per heavy atom. The summed E-state index contributed by atoms with van der Waals surface area (Å²) in [6.45, 7) is 6.58. The first-order valence-corrected chi connectivity index (χ1v) is 22.9. The summed E-state index contributed by atoms with van der Waals surface area (Å²) in [7, 11) is 4.06. The number of carbonyl (C=O) groups is 3. The van der Waals surface area contributed by atoms with Gasteiger partial charge in [0.1, 0.15) is 6.10 Å². The second kappa shape index (κ2) is 30.6. The lowest BCUT2D eigenvalue weighted by atomic mass is 9.59. The van der Waals surface area contributed by atoms with Crippen molar-refractivity contribution >= 4 is 17.9 Å². The largest absolute Gasteiger partial charge is 0.466 e. The van der Waals surface area contributed by atoms with Crippen LogP contribution in [-0.4, -0.2) is 62.8 Å². The van der Waals surface area contributed by atoms with Crippen LogP contribution in [0.2, 0.25) is 0 Å². The molecule has 0 aromatic heterocycles. The molecule has 53 heavy (non-hydrogen) atoms. The highest BCUT2D eigenvalue weighted by Gasteiger charge is 2.40. The maximum absolute atomic E-state index is 12.6. The zero-order valence-corrected chi connectivity index (χ0v) is 35.4. The minimum absolute atomic E-state index is 0.0155. The Labute approximate surface area is 327 Å². The van der Waals surface area contributed by atoms with Gasteiger partial charge in [-0.1, -0.05) is 104 Å². The quantitative estimate of drug-likeness (QED) is 0.0363. The standard InChI is InChI=1S/C46H85NO6/c1-5-7-15-22-40(23-16-8-6-2)32-38-51-43(48)26-19-13-9-11-17-24-42(53-45(50)28-21-37-47(3)4)25-18-12-10-14-20-27-44(49)52-39-36-46-33-29-41(30-34-46)31-35-46/h40-42H,5-39H2,1-4H3. The SMILES string of the molecule is CCCCCC(CCCCC)CCOC(=O)CCCCCCCC(CCCCCCCC(=O)OCCC12CCC(CC1)CC2)OC(=O)CCCN(C)C. The molecule has 0 radical (unpaired) electrons. The lowest BCUT2D eigenvalue weighted by Gasteiger charge is -2.46. The number of hydrogen-bond acceptors (Lipinski definition) is 7. The predicted octanol–water partition coefficient (Wildman–Crippen LogP) is 12.3. The first-order chi connectivity index (χ1) is 25.7. The lowest BCUT2D eigenvalue weighted by molar-refractivity contribution is -0.150. The van der Waals surface area contributed by atoms with E-state index >= 15 is 0 Å². The predicted molar refractivity (Wildman–Crippen MR) is 219 cm³/mol. The third kappa shape index (κ3) is 24.5. The van der Waals surface area contributed by atoms with Gasteiger partial charge in [0.05, 0.1) is 13.2 Å². The summed E-state index contributed by atoms with van der Waals surface area (Å²) in [5, 5.41) is 0. The molecule has 0 aliphatic heterocycles. The molecule has 310 valence electrons. The van der Waals surface area contributed by atoms with Crippen LogP contribution in [-0.2, 0) is 28.6 Å². The number of rotatable bonds is 35. The highest BCUT2D eigenvalue weighted by Crippen LogP contribution is 2.52. The van der Waals surface area contributed by atoms with Crippen LogP contribution in [0.3, 0.4) is 0 Å². The zero-order chi connectivity index (χ0) is 38.4. The van der Waals surface area contributed by atoms with Gasteiger partial charge in [-0.2, -0.15) is 0 Å². The van der Waals surface area contributed by atoms with E-state index in [1.54, 1.807) is 0 Å². The van der Waals surface area contributed by atoms with Gasteiger partial charge in [-0.05, 0) is 134 Å². The molecule has 0 spiro atoms. The number of nitrogens with zero attached hydrogens (tertiary/aromatic N) is 1. The van der Waals surface area contributed by atoms with Gasteiger partial charge in [0.15, 0.2) is 0 Å². The van der Waals surface area contributed by atoms with E-state index in [0.717, 1.165) is 109 Å². The third-order valence-electron chi connectivity index (χ3n) is 12.5. The molecule has 0 saturated heterocycles. The molecule has 7 nitrogen and oxygen atoms in total. The van der Waals surface area contributed by atoms with Crippen molar-refractivity contribution in [1.82, 2.24) is 4.90 Å². The van der Waals surface area contributed by atoms with Crippen molar-refractivity contribution in [3.63, 3.8) is 0 Å². The summed E-state index contributed by atoms with van der Waals surface area (Å²) < 4.78 is 17.3. The van der Waals surface area contributed by atoms with Crippen LogP contribution in [0.1, 0.15) is 219 Å². The number of unbranched alkanes of at least 4 members (excludes halogenated alkanes) is 12. The van der Waals surface area contributed by atoms with Crippen molar-refractivity contribution in [2.75, 3.05) is 33.9 Å². The van der Waals surface area contributed by atoms with Crippen molar-refractivity contribution in [1.29, 1.82) is 0 Å². The number of carbonyl (C=O) groups excluding carboxylic acids is 3. The zero-order valence-electron chi connectivity index (χ0n) is 35.4. The molecule has 1 unspecified atom stereocenters. The van der Waals surface area contributed by atoms with Gasteiger partial charge in [-0.25, -0.2) is 0 Å². The van der Waals surface area contributed by atoms with Crippen molar-refractivity contribution in [3.05, 3.63) is 0 Å². The smallest absolute Gasteiger partial charge is 0.306 e. The molecule has 3 fully saturated rings. The van der Waals surface area contributed by atoms with Crippen LogP contribution in [0, 0.1) is 17.3 Å². The normalized spacial score (nSPS) is 18.8. The molecule has 7 heteroatoms. The molecule has 0 aromatic carbocycles. The van der Waals surface area contributed by atoms with E-state index in [1.165, 1.54) is 89.9 Å². The Morgan fingerprint density at radius 3 is 1.57 bits per heavy atom. The van der Waals surface area contributed by atoms with Crippen LogP contribution >= 0.6 is 0 Å². The highest BCUT2D eigenvalue weighted by atomic mass is 16.5. The monoisotopic (exact) mass is 748 g/mol. The van der Waals surface area contributed by atoms with E-state index in [0.29, 0.717) is 43.8 Å². The van der Waals surface area contributed by atoms with Gasteiger partial charge in [-0.15, -0.1) is 0 Å². The van der Waals surface area contributed by atoms with Gasteiger partial charge in [0.2, 0.25) is 0 Å². The molecule has 3 aliphatic rings. The van der Waals surface area contributed by atoms with E-state index in [2.05, 4.69) is 18.7 Å². The molecule has 0 heterocycles. The van der Waals surface area contributed by atoms with E-state index < -0.39 is 0 Å². The highest BCUT2D eigenvalue weighted by molar-refractivity contribution is 5.70. The van der Waals surface area contributed by atoms with Crippen LogP contribution in [0.4, 0.5) is 0 Å². The first kappa shape index (κ1) is 47.5. The maximum Gasteiger partial charge on any atom is 0.306 e. The molecule has 0 N–H and O–H groups in total. The molecule has 2 bridgehead atoms. The van der Waals surface area contributed by atoms with Gasteiger partial charge < -0.3 is 19.1 Å². The van der Waals surface area contributed by atoms with E-state index in [9.17, 15) is 14.4 Å². The van der Waals surface area contributed by atoms with Gasteiger partial charge in [0, 0.05) is 19.3 Å². The van der Waals surface area contributed by atoms with Crippen LogP contribution in [0.15, 0.2) is 0 Å². The van der Waals surface area contributed by atoms with Crippen molar-refractivity contribution < 1.29 is 28.6 Å². The fraction of sp³-hybridized carbons (Fsp3) is 0.935. The van der Waals surface area contributed by atoms with Gasteiger partial charge >= 0.3 is 17.9 Å². The number of hydrogen-bond donors (Lipinski definition) is 0. The second-order valence-corrected chi connectivity index (χ2v) is 17.5. The molecule has 0 amide bonds. The van der Waals surface area contributed by atoms with Crippen LogP contribution < -0.4 is 0 Å². The summed E-state index contributed by atoms with van der Waals surface area (Å²) in [4.78, 5) is 39.4. The van der Waals surface area contributed by atoms with Crippen molar-refractivity contribution in [3.8, 4) is 0 Å². The molecule has 1 atom stereocenters. The summed E-state index contributed by atoms with van der Waals surface area (Å²) in [5.41, 5.74) is 0.467. The molecule has 3 saturated carbocycles. The minimum atomic E-state index is -0.0714. The summed E-state index contributed by atoms with van der Waals surface area (Å²) in [5.74, 6) is 1.53. The number of ether oxygens (including phenoxy) is 3. The fourth-order valence-corrected chi connectivity index (χ4v) is 8.77. The van der Waals surface area contributed by atoms with Crippen LogP contribution in [0.5, 0.6) is 0 Å². The maximum atomic E-state index is 12.6. The molecule has 0 aromatic rings. The van der Waals surface area contributed by atoms with E-state index in [4.69, 9.17) is 14.2 Å². The lowest BCUT2D eigenvalue weighted by Crippen LogP contribution is -2.35. The molecular weight excluding hydrogens is 663 g/mol. The second-order valence-electron chi connectivity index (χ2n) is 17.5. The topological polar surface area (TPSA) is 82.1 Å². The van der Waals surface area contributed by atoms with E-state index in [-0.39, 0.29) is 24.0 Å². The Hall–Kier alpha value is -1.63. The average molecular weight is 748 g/mol. The fourth-order valence-electron chi connectivity index (χ4n) is 8.77. The third-order valence-corrected chi connectivity index (χ3v) is 12.5. The Morgan fingerprint density at radius 2 is 1.04 bits per heavy atom. The van der Waals surface area contributed by atoms with Gasteiger partial charge in [-0.3, -0.25) is 14.4 Å². The molecule has 3 rings (SSSR count). The summed E-state index contributed by atoms with van der Waals surface area (Å²) in [6.07, 6.45) is 35.0. The minimum Gasteiger partial charge on any atom is -0.466 e. The molecular formula is C46H85NO6. The Bertz CT molecular complexity index is 905. The van der Waals surface area contributed by atoms with Crippen molar-refractivity contribution in [2.45, 2.75) is 225 Å². The Balaban J connectivity index is 1.55. The van der Waals surface area contributed by atoms with Gasteiger partial charge in [0.25, 0.3) is 0 Å². The first-order valence-electron chi connectivity index (χ1n) is 22.9. The number of fused-ring (bicyclic) bond motifs is 3. The van der Waals surface area contributed by atoms with E-state index in [1.807, 2.05) is 14.1 Å². The summed E-state index contributed by atoms with van der Waals surface area (Å²) in [6, 6.07) is 0.